The first-order chi connectivity index (χ1) is 19.1. The van der Waals surface area contributed by atoms with Crippen molar-refractivity contribution in [3.8, 4) is 0 Å². The molecule has 40 heavy (non-hydrogen) atoms. The maximum Gasteiger partial charge on any atom is 0.264 e. The van der Waals surface area contributed by atoms with Crippen LogP contribution < -0.4 is 9.62 Å². The third-order valence-corrected chi connectivity index (χ3v) is 10.1. The molecule has 2 amide bonds. The van der Waals surface area contributed by atoms with Crippen LogP contribution in [0.15, 0.2) is 88.2 Å². The van der Waals surface area contributed by atoms with E-state index in [2.05, 4.69) is 43.8 Å². The van der Waals surface area contributed by atoms with Crippen LogP contribution in [0.4, 0.5) is 5.69 Å². The van der Waals surface area contributed by atoms with Gasteiger partial charge in [-0.15, -0.1) is 0 Å². The number of nitrogens with one attached hydrogen (secondary N) is 1. The van der Waals surface area contributed by atoms with Crippen molar-refractivity contribution in [2.45, 2.75) is 62.6 Å². The molecule has 1 saturated carbocycles. The molecule has 0 unspecified atom stereocenters. The Morgan fingerprint density at radius 2 is 1.57 bits per heavy atom. The van der Waals surface area contributed by atoms with E-state index in [0.717, 1.165) is 43.6 Å². The van der Waals surface area contributed by atoms with E-state index in [1.54, 1.807) is 49.4 Å². The summed E-state index contributed by atoms with van der Waals surface area (Å²) in [7, 11) is -4.07. The molecular weight excluding hydrogens is 705 g/mol. The lowest BCUT2D eigenvalue weighted by Crippen LogP contribution is -2.53. The first kappa shape index (κ1) is 30.5. The molecule has 4 rings (SSSR count). The van der Waals surface area contributed by atoms with Crippen LogP contribution in [0.2, 0.25) is 0 Å². The van der Waals surface area contributed by atoms with E-state index < -0.39 is 28.5 Å². The third kappa shape index (κ3) is 7.85. The smallest absolute Gasteiger partial charge is 0.264 e. The highest BCUT2D eigenvalue weighted by atomic mass is 127. The summed E-state index contributed by atoms with van der Waals surface area (Å²) in [6.07, 6.45) is 5.16. The minimum atomic E-state index is -4.07. The van der Waals surface area contributed by atoms with Gasteiger partial charge in [0.2, 0.25) is 11.8 Å². The number of carbonyl (C=O) groups excluding carboxylic acids is 2. The topological polar surface area (TPSA) is 86.8 Å². The maximum atomic E-state index is 14.0. The summed E-state index contributed by atoms with van der Waals surface area (Å²) in [6, 6.07) is 21.9. The van der Waals surface area contributed by atoms with Crippen molar-refractivity contribution in [1.29, 1.82) is 0 Å². The number of halogens is 2. The van der Waals surface area contributed by atoms with Crippen LogP contribution in [0.3, 0.4) is 0 Å². The van der Waals surface area contributed by atoms with E-state index in [4.69, 9.17) is 0 Å². The van der Waals surface area contributed by atoms with Gasteiger partial charge in [-0.05, 0) is 96.5 Å². The van der Waals surface area contributed by atoms with Gasteiger partial charge in [-0.2, -0.15) is 0 Å². The number of sulfonamides is 1. The fourth-order valence-electron chi connectivity index (χ4n) is 4.79. The molecule has 212 valence electrons. The van der Waals surface area contributed by atoms with Gasteiger partial charge >= 0.3 is 0 Å². The minimum absolute atomic E-state index is 0.0869. The summed E-state index contributed by atoms with van der Waals surface area (Å²) < 4.78 is 30.6. The lowest BCUT2D eigenvalue weighted by Gasteiger charge is -2.33. The highest BCUT2D eigenvalue weighted by molar-refractivity contribution is 14.1. The van der Waals surface area contributed by atoms with Crippen molar-refractivity contribution in [2.24, 2.45) is 0 Å². The molecule has 0 aromatic heterocycles. The monoisotopic (exact) mass is 737 g/mol. The molecule has 3 aromatic carbocycles. The Bertz CT molecular complexity index is 1400. The molecule has 1 atom stereocenters. The average molecular weight is 738 g/mol. The van der Waals surface area contributed by atoms with Crippen molar-refractivity contribution in [3.05, 3.63) is 92.5 Å². The number of hydrogen-bond acceptors (Lipinski definition) is 4. The Balaban J connectivity index is 1.65. The van der Waals surface area contributed by atoms with E-state index in [-0.39, 0.29) is 23.4 Å². The summed E-state index contributed by atoms with van der Waals surface area (Å²) >= 11 is 5.59. The summed E-state index contributed by atoms with van der Waals surface area (Å²) in [5.41, 5.74) is 1.21. The fraction of sp³-hybridized carbons (Fsp3) is 0.333. The zero-order valence-corrected chi connectivity index (χ0v) is 26.9. The number of nitrogens with zero attached hydrogens (tertiary/aromatic N) is 2. The molecule has 0 bridgehead atoms. The lowest BCUT2D eigenvalue weighted by atomic mass is 9.95. The second-order valence-electron chi connectivity index (χ2n) is 9.97. The second-order valence-corrected chi connectivity index (χ2v) is 14.0. The highest BCUT2D eigenvalue weighted by Crippen LogP contribution is 2.26. The van der Waals surface area contributed by atoms with Crippen LogP contribution in [-0.2, 0) is 26.2 Å². The van der Waals surface area contributed by atoms with Crippen LogP contribution in [0.25, 0.3) is 0 Å². The molecule has 1 aliphatic rings. The van der Waals surface area contributed by atoms with Gasteiger partial charge in [0.15, 0.2) is 0 Å². The van der Waals surface area contributed by atoms with Crippen LogP contribution in [0.5, 0.6) is 0 Å². The summed E-state index contributed by atoms with van der Waals surface area (Å²) in [5.74, 6) is -0.698. The van der Waals surface area contributed by atoms with Gasteiger partial charge in [0.1, 0.15) is 12.6 Å². The van der Waals surface area contributed by atoms with Crippen molar-refractivity contribution in [1.82, 2.24) is 10.2 Å². The van der Waals surface area contributed by atoms with Gasteiger partial charge < -0.3 is 10.2 Å². The largest absolute Gasteiger partial charge is 0.352 e. The number of rotatable bonds is 10. The van der Waals surface area contributed by atoms with Gasteiger partial charge in [-0.25, -0.2) is 8.42 Å². The van der Waals surface area contributed by atoms with Crippen LogP contribution in [-0.4, -0.2) is 43.8 Å². The second kappa shape index (κ2) is 14.0. The lowest BCUT2D eigenvalue weighted by molar-refractivity contribution is -0.139. The van der Waals surface area contributed by atoms with Crippen LogP contribution in [0.1, 0.15) is 44.6 Å². The van der Waals surface area contributed by atoms with E-state index >= 15 is 0 Å². The van der Waals surface area contributed by atoms with E-state index in [0.29, 0.717) is 5.69 Å². The normalized spacial score (nSPS) is 14.8. The molecule has 1 fully saturated rings. The third-order valence-electron chi connectivity index (χ3n) is 7.11. The van der Waals surface area contributed by atoms with Gasteiger partial charge in [0.25, 0.3) is 10.0 Å². The summed E-state index contributed by atoms with van der Waals surface area (Å²) in [4.78, 5) is 28.9. The minimum Gasteiger partial charge on any atom is -0.352 e. The van der Waals surface area contributed by atoms with Crippen molar-refractivity contribution in [2.75, 3.05) is 10.8 Å². The molecule has 7 nitrogen and oxygen atoms in total. The molecule has 0 saturated heterocycles. The first-order valence-electron chi connectivity index (χ1n) is 13.3. The molecular formula is C30H33BrIN3O4S. The SMILES string of the molecule is C[C@@H](C(=O)NC1CCCCC1)N(Cc1ccc(Br)cc1)C(=O)CN(c1ccc(I)cc1)S(=O)(=O)c1ccccc1. The van der Waals surface area contributed by atoms with E-state index in [1.807, 2.05) is 24.3 Å². The molecule has 0 radical (unpaired) electrons. The molecule has 1 aliphatic carbocycles. The molecule has 3 aromatic rings. The Hall–Kier alpha value is -2.44. The summed E-state index contributed by atoms with van der Waals surface area (Å²) in [6.45, 7) is 1.42. The van der Waals surface area contributed by atoms with Gasteiger partial charge in [-0.3, -0.25) is 13.9 Å². The zero-order valence-electron chi connectivity index (χ0n) is 22.3. The molecule has 0 aliphatic heterocycles. The predicted molar refractivity (Wildman–Crippen MR) is 169 cm³/mol. The zero-order chi connectivity index (χ0) is 28.7. The quantitative estimate of drug-likeness (QED) is 0.255. The number of carbonyl (C=O) groups is 2. The Kier molecular flexibility index (Phi) is 10.6. The van der Waals surface area contributed by atoms with E-state index in [9.17, 15) is 18.0 Å². The average Bonchev–Trinajstić information content (AvgIpc) is 2.96. The van der Waals surface area contributed by atoms with Gasteiger partial charge in [0.05, 0.1) is 10.6 Å². The van der Waals surface area contributed by atoms with Crippen molar-refractivity contribution >= 4 is 66.0 Å². The standard InChI is InChI=1S/C30H33BrIN3O4S/c1-22(30(37)33-26-8-4-2-5-9-26)34(20-23-12-14-24(31)15-13-23)29(36)21-35(27-18-16-25(32)17-19-27)40(38,39)28-10-6-3-7-11-28/h3,6-7,10-19,22,26H,2,4-5,8-9,20-21H2,1H3,(H,33,37)/t22-/m0/s1. The van der Waals surface area contributed by atoms with Crippen molar-refractivity contribution < 1.29 is 18.0 Å². The first-order valence-corrected chi connectivity index (χ1v) is 16.6. The predicted octanol–water partition coefficient (Wildman–Crippen LogP) is 6.12. The van der Waals surface area contributed by atoms with Gasteiger partial charge in [0, 0.05) is 20.6 Å². The van der Waals surface area contributed by atoms with Gasteiger partial charge in [-0.1, -0.05) is 65.5 Å². The number of hydrogen-bond donors (Lipinski definition) is 1. The van der Waals surface area contributed by atoms with Crippen LogP contribution >= 0.6 is 38.5 Å². The van der Waals surface area contributed by atoms with Crippen molar-refractivity contribution in [3.63, 3.8) is 0 Å². The Morgan fingerprint density at radius 3 is 2.20 bits per heavy atom. The summed E-state index contributed by atoms with van der Waals surface area (Å²) in [5, 5.41) is 3.12. The Morgan fingerprint density at radius 1 is 0.950 bits per heavy atom. The molecule has 0 heterocycles. The molecule has 0 spiro atoms. The molecule has 10 heteroatoms. The number of benzene rings is 3. The fourth-order valence-corrected chi connectivity index (χ4v) is 6.85. The number of amides is 2. The maximum absolute atomic E-state index is 14.0. The highest BCUT2D eigenvalue weighted by Gasteiger charge is 2.33. The van der Waals surface area contributed by atoms with E-state index in [1.165, 1.54) is 23.5 Å². The van der Waals surface area contributed by atoms with Crippen LogP contribution in [0, 0.1) is 3.57 Å². The number of anilines is 1. The Labute approximate surface area is 258 Å². The molecule has 1 N–H and O–H groups in total.